The number of fused-ring (bicyclic) bond motifs is 1. The summed E-state index contributed by atoms with van der Waals surface area (Å²) in [4.78, 5) is 13.1. The second kappa shape index (κ2) is 4.71. The Morgan fingerprint density at radius 1 is 1.42 bits per heavy atom. The Labute approximate surface area is 110 Å². The molecule has 3 rings (SSSR count). The van der Waals surface area contributed by atoms with Crippen LogP contribution in [0.5, 0.6) is 11.5 Å². The van der Waals surface area contributed by atoms with Gasteiger partial charge in [-0.05, 0) is 24.1 Å². The molecule has 0 bridgehead atoms. The van der Waals surface area contributed by atoms with E-state index in [1.165, 1.54) is 0 Å². The van der Waals surface area contributed by atoms with E-state index in [1.54, 1.807) is 0 Å². The van der Waals surface area contributed by atoms with Gasteiger partial charge in [-0.1, -0.05) is 6.07 Å². The van der Waals surface area contributed by atoms with Gasteiger partial charge in [0.1, 0.15) is 6.04 Å². The maximum Gasteiger partial charge on any atom is 0.320 e. The zero-order valence-electron chi connectivity index (χ0n) is 10.4. The van der Waals surface area contributed by atoms with Crippen LogP contribution in [0.3, 0.4) is 0 Å². The third-order valence-corrected chi connectivity index (χ3v) is 3.54. The third kappa shape index (κ3) is 2.36. The molecule has 2 aliphatic rings. The fourth-order valence-corrected chi connectivity index (χ4v) is 2.64. The lowest BCUT2D eigenvalue weighted by Gasteiger charge is -2.20. The molecule has 0 radical (unpaired) electrons. The number of aliphatic carboxylic acids is 1. The Hall–Kier alpha value is -1.79. The molecular formula is C13H16N2O4. The summed E-state index contributed by atoms with van der Waals surface area (Å²) in [6.45, 7) is 1.40. The van der Waals surface area contributed by atoms with Crippen LogP contribution in [-0.4, -0.2) is 41.4 Å². The topological polar surface area (TPSA) is 85.0 Å². The number of carboxylic acid groups (broad SMARTS) is 1. The van der Waals surface area contributed by atoms with Gasteiger partial charge in [0.05, 0.1) is 0 Å². The van der Waals surface area contributed by atoms with Crippen LogP contribution in [0.1, 0.15) is 12.0 Å². The van der Waals surface area contributed by atoms with Crippen LogP contribution < -0.4 is 15.2 Å². The minimum absolute atomic E-state index is 0.0740. The number of likely N-dealkylation sites (tertiary alicyclic amines) is 1. The summed E-state index contributed by atoms with van der Waals surface area (Å²) in [7, 11) is 0. The van der Waals surface area contributed by atoms with Gasteiger partial charge < -0.3 is 20.3 Å². The predicted molar refractivity (Wildman–Crippen MR) is 67.0 cm³/mol. The molecule has 0 spiro atoms. The van der Waals surface area contributed by atoms with Crippen LogP contribution in [0.25, 0.3) is 0 Å². The van der Waals surface area contributed by atoms with Crippen LogP contribution >= 0.6 is 0 Å². The Morgan fingerprint density at radius 2 is 2.21 bits per heavy atom. The van der Waals surface area contributed by atoms with Crippen molar-refractivity contribution >= 4 is 5.97 Å². The van der Waals surface area contributed by atoms with E-state index < -0.39 is 12.0 Å². The molecule has 0 aliphatic carbocycles. The Balaban J connectivity index is 1.75. The highest BCUT2D eigenvalue weighted by atomic mass is 16.7. The van der Waals surface area contributed by atoms with Crippen molar-refractivity contribution in [3.63, 3.8) is 0 Å². The Morgan fingerprint density at radius 3 is 3.00 bits per heavy atom. The molecule has 1 fully saturated rings. The van der Waals surface area contributed by atoms with Gasteiger partial charge in [-0.2, -0.15) is 0 Å². The van der Waals surface area contributed by atoms with Gasteiger partial charge in [-0.3, -0.25) is 9.69 Å². The molecule has 3 N–H and O–H groups in total. The highest BCUT2D eigenvalue weighted by molar-refractivity contribution is 5.74. The first-order chi connectivity index (χ1) is 9.13. The highest BCUT2D eigenvalue weighted by Crippen LogP contribution is 2.33. The molecule has 0 amide bonds. The lowest BCUT2D eigenvalue weighted by molar-refractivity contribution is -0.142. The monoisotopic (exact) mass is 264 g/mol. The SMILES string of the molecule is NC1CC(C(=O)O)N(Cc2ccc3c(c2)OCO3)C1. The molecule has 6 heteroatoms. The van der Waals surface area contributed by atoms with Crippen LogP contribution in [-0.2, 0) is 11.3 Å². The van der Waals surface area contributed by atoms with Gasteiger partial charge in [0.2, 0.25) is 6.79 Å². The fourth-order valence-electron chi connectivity index (χ4n) is 2.64. The maximum absolute atomic E-state index is 11.2. The van der Waals surface area contributed by atoms with E-state index >= 15 is 0 Å². The standard InChI is InChI=1S/C13H16N2O4/c14-9-4-10(13(16)17)15(6-9)5-8-1-2-11-12(3-8)19-7-18-11/h1-3,9-10H,4-7,14H2,(H,16,17). The van der Waals surface area contributed by atoms with Crippen LogP contribution in [0.4, 0.5) is 0 Å². The van der Waals surface area contributed by atoms with E-state index in [1.807, 2.05) is 23.1 Å². The van der Waals surface area contributed by atoms with Crippen molar-refractivity contribution in [2.45, 2.75) is 25.0 Å². The zero-order chi connectivity index (χ0) is 13.4. The number of benzene rings is 1. The second-order valence-electron chi connectivity index (χ2n) is 4.97. The van der Waals surface area contributed by atoms with Crippen molar-refractivity contribution in [3.05, 3.63) is 23.8 Å². The molecule has 2 unspecified atom stereocenters. The van der Waals surface area contributed by atoms with Gasteiger partial charge in [0.15, 0.2) is 11.5 Å². The van der Waals surface area contributed by atoms with Crippen LogP contribution in [0.2, 0.25) is 0 Å². The summed E-state index contributed by atoms with van der Waals surface area (Å²) in [6.07, 6.45) is 0.500. The number of rotatable bonds is 3. The Bertz CT molecular complexity index is 505. The number of ether oxygens (including phenoxy) is 2. The highest BCUT2D eigenvalue weighted by Gasteiger charge is 2.35. The average Bonchev–Trinajstić information content (AvgIpc) is 2.95. The smallest absolute Gasteiger partial charge is 0.320 e. The van der Waals surface area contributed by atoms with Crippen molar-refractivity contribution < 1.29 is 19.4 Å². The van der Waals surface area contributed by atoms with Crippen molar-refractivity contribution in [3.8, 4) is 11.5 Å². The van der Waals surface area contributed by atoms with E-state index in [0.717, 1.165) is 11.3 Å². The summed E-state index contributed by atoms with van der Waals surface area (Å²) in [6, 6.07) is 5.10. The summed E-state index contributed by atoms with van der Waals surface area (Å²) in [5.41, 5.74) is 6.85. The van der Waals surface area contributed by atoms with E-state index in [9.17, 15) is 9.90 Å². The molecule has 2 atom stereocenters. The largest absolute Gasteiger partial charge is 0.480 e. The van der Waals surface area contributed by atoms with Crippen LogP contribution in [0, 0.1) is 0 Å². The quantitative estimate of drug-likeness (QED) is 0.822. The summed E-state index contributed by atoms with van der Waals surface area (Å²) in [5, 5.41) is 9.19. The van der Waals surface area contributed by atoms with E-state index in [4.69, 9.17) is 15.2 Å². The first-order valence-electron chi connectivity index (χ1n) is 6.24. The van der Waals surface area contributed by atoms with Crippen molar-refractivity contribution in [2.75, 3.05) is 13.3 Å². The van der Waals surface area contributed by atoms with Crippen molar-refractivity contribution in [1.29, 1.82) is 0 Å². The van der Waals surface area contributed by atoms with Gasteiger partial charge in [0, 0.05) is 19.1 Å². The van der Waals surface area contributed by atoms with Crippen molar-refractivity contribution in [1.82, 2.24) is 4.90 Å². The van der Waals surface area contributed by atoms with Crippen molar-refractivity contribution in [2.24, 2.45) is 5.73 Å². The second-order valence-corrected chi connectivity index (χ2v) is 4.97. The minimum Gasteiger partial charge on any atom is -0.480 e. The third-order valence-electron chi connectivity index (χ3n) is 3.54. The van der Waals surface area contributed by atoms with E-state index in [-0.39, 0.29) is 12.8 Å². The molecule has 2 heterocycles. The number of nitrogens with zero attached hydrogens (tertiary/aromatic N) is 1. The number of nitrogens with two attached hydrogens (primary N) is 1. The average molecular weight is 264 g/mol. The minimum atomic E-state index is -0.811. The number of hydrogen-bond acceptors (Lipinski definition) is 5. The summed E-state index contributed by atoms with van der Waals surface area (Å²) in [5.74, 6) is 0.637. The van der Waals surface area contributed by atoms with E-state index in [0.29, 0.717) is 25.3 Å². The molecule has 0 aromatic heterocycles. The predicted octanol–water partition coefficient (Wildman–Crippen LogP) is 0.402. The summed E-state index contributed by atoms with van der Waals surface area (Å²) >= 11 is 0. The normalized spacial score (nSPS) is 25.7. The molecule has 19 heavy (non-hydrogen) atoms. The molecule has 1 aromatic carbocycles. The van der Waals surface area contributed by atoms with Gasteiger partial charge in [0.25, 0.3) is 0 Å². The van der Waals surface area contributed by atoms with Gasteiger partial charge in [-0.25, -0.2) is 0 Å². The number of carboxylic acids is 1. The maximum atomic E-state index is 11.2. The first kappa shape index (κ1) is 12.3. The molecule has 1 aromatic rings. The molecular weight excluding hydrogens is 248 g/mol. The molecule has 6 nitrogen and oxygen atoms in total. The zero-order valence-corrected chi connectivity index (χ0v) is 10.4. The van der Waals surface area contributed by atoms with Gasteiger partial charge in [-0.15, -0.1) is 0 Å². The molecule has 2 aliphatic heterocycles. The summed E-state index contributed by atoms with van der Waals surface area (Å²) < 4.78 is 10.6. The lowest BCUT2D eigenvalue weighted by Crippen LogP contribution is -2.35. The molecule has 102 valence electrons. The van der Waals surface area contributed by atoms with Gasteiger partial charge >= 0.3 is 5.97 Å². The molecule has 0 saturated carbocycles. The first-order valence-corrected chi connectivity index (χ1v) is 6.24. The number of hydrogen-bond donors (Lipinski definition) is 2. The fraction of sp³-hybridized carbons (Fsp3) is 0.462. The van der Waals surface area contributed by atoms with Crippen LogP contribution in [0.15, 0.2) is 18.2 Å². The molecule has 1 saturated heterocycles. The van der Waals surface area contributed by atoms with E-state index in [2.05, 4.69) is 0 Å². The lowest BCUT2D eigenvalue weighted by atomic mass is 10.1. The Kier molecular flexibility index (Phi) is 3.04. The number of carbonyl (C=O) groups is 1.